The molecule has 0 saturated carbocycles. The van der Waals surface area contributed by atoms with Crippen LogP contribution in [0, 0.1) is 0 Å². The molecular weight excluding hydrogens is 190 g/mol. The Bertz CT molecular complexity index is 349. The highest BCUT2D eigenvalue weighted by atomic mass is 16.2. The molecule has 2 N–H and O–H groups in total. The largest absolute Gasteiger partial charge is 0.338 e. The van der Waals surface area contributed by atoms with Crippen LogP contribution in [0.25, 0.3) is 0 Å². The molecule has 0 bridgehead atoms. The summed E-state index contributed by atoms with van der Waals surface area (Å²) < 4.78 is 0. The van der Waals surface area contributed by atoms with Crippen LogP contribution in [-0.2, 0) is 6.54 Å². The Hall–Kier alpha value is -1.42. The van der Waals surface area contributed by atoms with Crippen LogP contribution in [0.3, 0.4) is 0 Å². The zero-order valence-corrected chi connectivity index (χ0v) is 9.40. The first-order valence-corrected chi connectivity index (χ1v) is 4.99. The summed E-state index contributed by atoms with van der Waals surface area (Å²) in [6.45, 7) is 4.28. The maximum absolute atomic E-state index is 11.9. The molecule has 0 spiro atoms. The number of hydrogen-bond donors (Lipinski definition) is 1. The molecule has 4 heteroatoms. The van der Waals surface area contributed by atoms with Gasteiger partial charge in [-0.3, -0.25) is 4.79 Å². The van der Waals surface area contributed by atoms with Gasteiger partial charge >= 0.3 is 0 Å². The third-order valence-electron chi connectivity index (χ3n) is 2.33. The van der Waals surface area contributed by atoms with Crippen molar-refractivity contribution in [2.45, 2.75) is 26.4 Å². The van der Waals surface area contributed by atoms with Crippen LogP contribution >= 0.6 is 0 Å². The third-order valence-corrected chi connectivity index (χ3v) is 2.33. The van der Waals surface area contributed by atoms with Gasteiger partial charge in [0.25, 0.3) is 5.91 Å². The lowest BCUT2D eigenvalue weighted by Crippen LogP contribution is -2.33. The van der Waals surface area contributed by atoms with Gasteiger partial charge in [-0.1, -0.05) is 6.07 Å². The average Bonchev–Trinajstić information content (AvgIpc) is 2.27. The van der Waals surface area contributed by atoms with E-state index in [4.69, 9.17) is 5.73 Å². The van der Waals surface area contributed by atoms with Crippen molar-refractivity contribution in [2.75, 3.05) is 7.05 Å². The lowest BCUT2D eigenvalue weighted by Gasteiger charge is -2.20. The quantitative estimate of drug-likeness (QED) is 0.805. The maximum Gasteiger partial charge on any atom is 0.272 e. The first-order chi connectivity index (χ1) is 7.06. The molecule has 0 atom stereocenters. The zero-order chi connectivity index (χ0) is 11.4. The highest BCUT2D eigenvalue weighted by Gasteiger charge is 2.15. The van der Waals surface area contributed by atoms with Crippen LogP contribution in [0.1, 0.15) is 30.0 Å². The summed E-state index contributed by atoms with van der Waals surface area (Å²) in [7, 11) is 1.77. The van der Waals surface area contributed by atoms with Crippen molar-refractivity contribution in [1.29, 1.82) is 0 Å². The van der Waals surface area contributed by atoms with Crippen molar-refractivity contribution in [1.82, 2.24) is 9.88 Å². The van der Waals surface area contributed by atoms with E-state index in [9.17, 15) is 4.79 Å². The summed E-state index contributed by atoms with van der Waals surface area (Å²) in [4.78, 5) is 17.7. The third kappa shape index (κ3) is 2.76. The minimum absolute atomic E-state index is 0.0692. The molecule has 1 aromatic rings. The van der Waals surface area contributed by atoms with E-state index in [0.29, 0.717) is 12.2 Å². The van der Waals surface area contributed by atoms with Gasteiger partial charge in [-0.05, 0) is 26.0 Å². The van der Waals surface area contributed by atoms with Gasteiger partial charge in [0.15, 0.2) is 0 Å². The smallest absolute Gasteiger partial charge is 0.272 e. The number of hydrogen-bond acceptors (Lipinski definition) is 3. The minimum atomic E-state index is -0.0692. The monoisotopic (exact) mass is 207 g/mol. The molecule has 1 amide bonds. The van der Waals surface area contributed by atoms with E-state index >= 15 is 0 Å². The van der Waals surface area contributed by atoms with Gasteiger partial charge in [-0.25, -0.2) is 4.98 Å². The molecule has 0 unspecified atom stereocenters. The van der Waals surface area contributed by atoms with E-state index in [1.165, 1.54) is 0 Å². The highest BCUT2D eigenvalue weighted by molar-refractivity contribution is 5.92. The van der Waals surface area contributed by atoms with Crippen molar-refractivity contribution in [3.63, 3.8) is 0 Å². The van der Waals surface area contributed by atoms with E-state index in [1.807, 2.05) is 19.9 Å². The van der Waals surface area contributed by atoms with Gasteiger partial charge in [-0.2, -0.15) is 0 Å². The van der Waals surface area contributed by atoms with Gasteiger partial charge < -0.3 is 10.6 Å². The summed E-state index contributed by atoms with van der Waals surface area (Å²) in [5.74, 6) is -0.0692. The summed E-state index contributed by atoms with van der Waals surface area (Å²) >= 11 is 0. The number of carbonyl (C=O) groups is 1. The SMILES string of the molecule is CC(C)N(C)C(=O)c1cccc(CN)n1. The summed E-state index contributed by atoms with van der Waals surface area (Å²) in [5, 5.41) is 0. The van der Waals surface area contributed by atoms with Crippen molar-refractivity contribution in [2.24, 2.45) is 5.73 Å². The van der Waals surface area contributed by atoms with Crippen LogP contribution in [0.15, 0.2) is 18.2 Å². The van der Waals surface area contributed by atoms with Crippen molar-refractivity contribution in [3.05, 3.63) is 29.6 Å². The van der Waals surface area contributed by atoms with E-state index in [0.717, 1.165) is 5.69 Å². The molecular formula is C11H17N3O. The number of nitrogens with two attached hydrogens (primary N) is 1. The Morgan fingerprint density at radius 2 is 2.20 bits per heavy atom. The Labute approximate surface area is 90.1 Å². The highest BCUT2D eigenvalue weighted by Crippen LogP contribution is 2.05. The minimum Gasteiger partial charge on any atom is -0.338 e. The molecule has 0 aliphatic carbocycles. The predicted molar refractivity (Wildman–Crippen MR) is 59.4 cm³/mol. The molecule has 0 radical (unpaired) electrons. The lowest BCUT2D eigenvalue weighted by molar-refractivity contribution is 0.0749. The number of rotatable bonds is 3. The van der Waals surface area contributed by atoms with E-state index in [-0.39, 0.29) is 11.9 Å². The number of carbonyl (C=O) groups excluding carboxylic acids is 1. The Balaban J connectivity index is 2.91. The first-order valence-electron chi connectivity index (χ1n) is 4.99. The first kappa shape index (κ1) is 11.7. The van der Waals surface area contributed by atoms with Crippen LogP contribution < -0.4 is 5.73 Å². The standard InChI is InChI=1S/C11H17N3O/c1-8(2)14(3)11(15)10-6-4-5-9(7-12)13-10/h4-6,8H,7,12H2,1-3H3. The number of pyridine rings is 1. The molecule has 1 rings (SSSR count). The van der Waals surface area contributed by atoms with E-state index in [1.54, 1.807) is 24.1 Å². The van der Waals surface area contributed by atoms with Gasteiger partial charge in [0, 0.05) is 19.6 Å². The van der Waals surface area contributed by atoms with Gasteiger partial charge in [0.2, 0.25) is 0 Å². The average molecular weight is 207 g/mol. The van der Waals surface area contributed by atoms with Crippen LogP contribution in [0.5, 0.6) is 0 Å². The van der Waals surface area contributed by atoms with Crippen LogP contribution in [0.2, 0.25) is 0 Å². The molecule has 1 aromatic heterocycles. The Morgan fingerprint density at radius 3 is 2.73 bits per heavy atom. The topological polar surface area (TPSA) is 59.2 Å². The summed E-state index contributed by atoms with van der Waals surface area (Å²) in [5.41, 5.74) is 6.65. The lowest BCUT2D eigenvalue weighted by atomic mass is 10.2. The van der Waals surface area contributed by atoms with Gasteiger partial charge in [-0.15, -0.1) is 0 Å². The molecule has 0 saturated heterocycles. The molecule has 82 valence electrons. The van der Waals surface area contributed by atoms with E-state index in [2.05, 4.69) is 4.98 Å². The number of aromatic nitrogens is 1. The predicted octanol–water partition coefficient (Wildman–Crippen LogP) is 1.02. The number of nitrogens with zero attached hydrogens (tertiary/aromatic N) is 2. The summed E-state index contributed by atoms with van der Waals surface area (Å²) in [6, 6.07) is 5.49. The Kier molecular flexibility index (Phi) is 3.80. The van der Waals surface area contributed by atoms with Gasteiger partial charge in [0.1, 0.15) is 5.69 Å². The molecule has 0 aliphatic rings. The molecule has 0 aliphatic heterocycles. The maximum atomic E-state index is 11.9. The fraction of sp³-hybridized carbons (Fsp3) is 0.455. The second-order valence-corrected chi connectivity index (χ2v) is 3.73. The molecule has 0 fully saturated rings. The molecule has 4 nitrogen and oxygen atoms in total. The van der Waals surface area contributed by atoms with Crippen molar-refractivity contribution >= 4 is 5.91 Å². The second-order valence-electron chi connectivity index (χ2n) is 3.73. The summed E-state index contributed by atoms with van der Waals surface area (Å²) in [6.07, 6.45) is 0. The molecule has 1 heterocycles. The zero-order valence-electron chi connectivity index (χ0n) is 9.40. The van der Waals surface area contributed by atoms with Crippen molar-refractivity contribution in [3.8, 4) is 0 Å². The molecule has 15 heavy (non-hydrogen) atoms. The van der Waals surface area contributed by atoms with E-state index < -0.39 is 0 Å². The number of amides is 1. The van der Waals surface area contributed by atoms with Gasteiger partial charge in [0.05, 0.1) is 5.69 Å². The van der Waals surface area contributed by atoms with Crippen LogP contribution in [0.4, 0.5) is 0 Å². The fourth-order valence-corrected chi connectivity index (χ4v) is 1.13. The van der Waals surface area contributed by atoms with Crippen molar-refractivity contribution < 1.29 is 4.79 Å². The normalized spacial score (nSPS) is 10.5. The molecule has 0 aromatic carbocycles. The fourth-order valence-electron chi connectivity index (χ4n) is 1.13. The van der Waals surface area contributed by atoms with Crippen LogP contribution in [-0.4, -0.2) is 28.9 Å². The Morgan fingerprint density at radius 1 is 1.53 bits per heavy atom. The second kappa shape index (κ2) is 4.89.